The molecular weight excluding hydrogens is 166 g/mol. The van der Waals surface area contributed by atoms with Crippen molar-refractivity contribution in [3.63, 3.8) is 0 Å². The lowest BCUT2D eigenvalue weighted by Gasteiger charge is -2.08. The highest BCUT2D eigenvalue weighted by atomic mass is 16.1. The molecule has 0 unspecified atom stereocenters. The molecular formula is C10H17NO2. The zero-order valence-corrected chi connectivity index (χ0v) is 8.73. The third kappa shape index (κ3) is 3.87. The number of carbonyl (C=O) groups excluding carboxylic acids is 2. The molecule has 0 aromatic heterocycles. The number of Topliss-reactive ketones (excluding diaryl/α,β-unsaturated/α-hetero) is 1. The van der Waals surface area contributed by atoms with Crippen molar-refractivity contribution in [3.05, 3.63) is 11.3 Å². The molecule has 0 aliphatic rings. The fourth-order valence-electron chi connectivity index (χ4n) is 1.22. The van der Waals surface area contributed by atoms with Gasteiger partial charge in [-0.3, -0.25) is 9.59 Å². The van der Waals surface area contributed by atoms with Crippen LogP contribution in [0.1, 0.15) is 40.5 Å². The van der Waals surface area contributed by atoms with Crippen molar-refractivity contribution >= 4 is 11.7 Å². The second-order valence-corrected chi connectivity index (χ2v) is 2.92. The van der Waals surface area contributed by atoms with Crippen LogP contribution in [0.4, 0.5) is 0 Å². The van der Waals surface area contributed by atoms with E-state index in [0.717, 1.165) is 5.57 Å². The highest BCUT2D eigenvalue weighted by Gasteiger charge is 2.09. The van der Waals surface area contributed by atoms with E-state index < -0.39 is 0 Å². The van der Waals surface area contributed by atoms with Crippen molar-refractivity contribution in [2.24, 2.45) is 0 Å². The van der Waals surface area contributed by atoms with Gasteiger partial charge < -0.3 is 5.32 Å². The highest BCUT2D eigenvalue weighted by molar-refractivity contribution is 5.96. The predicted octanol–water partition coefficient (Wildman–Crippen LogP) is 1.79. The van der Waals surface area contributed by atoms with Crippen LogP contribution in [0.25, 0.3) is 0 Å². The van der Waals surface area contributed by atoms with Gasteiger partial charge in [-0.1, -0.05) is 13.8 Å². The number of ketones is 1. The van der Waals surface area contributed by atoms with Crippen molar-refractivity contribution < 1.29 is 9.59 Å². The molecule has 74 valence electrons. The number of amides is 1. The minimum absolute atomic E-state index is 0.105. The van der Waals surface area contributed by atoms with Gasteiger partial charge in [0.1, 0.15) is 0 Å². The number of rotatable bonds is 4. The van der Waals surface area contributed by atoms with Crippen LogP contribution in [0.2, 0.25) is 0 Å². The number of nitrogens with one attached hydrogen (secondary N) is 1. The molecule has 3 heteroatoms. The number of allylic oxidation sites excluding steroid dienone is 2. The average molecular weight is 183 g/mol. The standard InChI is InChI=1S/C10H17NO2/c1-5-9(10(13)6-2)7(3)11-8(4)12/h5-6H2,1-4H3,(H,11,12)/b9-7+. The Hall–Kier alpha value is -1.12. The van der Waals surface area contributed by atoms with E-state index in [1.807, 2.05) is 13.8 Å². The zero-order chi connectivity index (χ0) is 10.4. The quantitative estimate of drug-likeness (QED) is 0.675. The molecule has 0 aliphatic heterocycles. The normalized spacial score (nSPS) is 12.0. The summed E-state index contributed by atoms with van der Waals surface area (Å²) in [6.07, 6.45) is 1.15. The summed E-state index contributed by atoms with van der Waals surface area (Å²) in [6.45, 7) is 6.92. The van der Waals surface area contributed by atoms with Gasteiger partial charge in [0, 0.05) is 24.6 Å². The van der Waals surface area contributed by atoms with Gasteiger partial charge in [-0.25, -0.2) is 0 Å². The third-order valence-electron chi connectivity index (χ3n) is 1.83. The summed E-state index contributed by atoms with van der Waals surface area (Å²) in [5, 5.41) is 2.63. The Bertz CT molecular complexity index is 241. The Balaban J connectivity index is 4.68. The highest BCUT2D eigenvalue weighted by Crippen LogP contribution is 2.09. The summed E-state index contributed by atoms with van der Waals surface area (Å²) in [5.74, 6) is -0.0268. The first-order chi connectivity index (χ1) is 6.02. The minimum Gasteiger partial charge on any atom is -0.330 e. The Morgan fingerprint density at radius 2 is 1.62 bits per heavy atom. The fraction of sp³-hybridized carbons (Fsp3) is 0.600. The fourth-order valence-corrected chi connectivity index (χ4v) is 1.22. The summed E-state index contributed by atoms with van der Waals surface area (Å²) < 4.78 is 0. The van der Waals surface area contributed by atoms with Gasteiger partial charge in [-0.2, -0.15) is 0 Å². The van der Waals surface area contributed by atoms with E-state index in [2.05, 4.69) is 5.32 Å². The molecule has 13 heavy (non-hydrogen) atoms. The van der Waals surface area contributed by atoms with Gasteiger partial charge in [0.25, 0.3) is 0 Å². The second kappa shape index (κ2) is 5.51. The summed E-state index contributed by atoms with van der Waals surface area (Å²) in [6, 6.07) is 0. The molecule has 0 saturated heterocycles. The molecule has 0 rings (SSSR count). The molecule has 0 aromatic rings. The van der Waals surface area contributed by atoms with Gasteiger partial charge in [0.2, 0.25) is 5.91 Å². The zero-order valence-electron chi connectivity index (χ0n) is 8.73. The monoisotopic (exact) mass is 183 g/mol. The van der Waals surface area contributed by atoms with Crippen LogP contribution in [-0.4, -0.2) is 11.7 Å². The lowest BCUT2D eigenvalue weighted by Crippen LogP contribution is -2.20. The lowest BCUT2D eigenvalue weighted by atomic mass is 10.0. The summed E-state index contributed by atoms with van der Waals surface area (Å²) in [4.78, 5) is 22.1. The Kier molecular flexibility index (Phi) is 5.04. The van der Waals surface area contributed by atoms with Crippen molar-refractivity contribution in [1.29, 1.82) is 0 Å². The van der Waals surface area contributed by atoms with Gasteiger partial charge in [-0.05, 0) is 13.3 Å². The first kappa shape index (κ1) is 11.9. The molecule has 0 atom stereocenters. The van der Waals surface area contributed by atoms with Crippen molar-refractivity contribution in [2.45, 2.75) is 40.5 Å². The van der Waals surface area contributed by atoms with E-state index in [4.69, 9.17) is 0 Å². The van der Waals surface area contributed by atoms with E-state index >= 15 is 0 Å². The van der Waals surface area contributed by atoms with Crippen LogP contribution in [0.3, 0.4) is 0 Å². The summed E-state index contributed by atoms with van der Waals surface area (Å²) in [5.41, 5.74) is 1.40. The number of hydrogen-bond donors (Lipinski definition) is 1. The van der Waals surface area contributed by atoms with E-state index in [9.17, 15) is 9.59 Å². The maximum absolute atomic E-state index is 11.4. The average Bonchev–Trinajstić information content (AvgIpc) is 2.03. The lowest BCUT2D eigenvalue weighted by molar-refractivity contribution is -0.118. The van der Waals surface area contributed by atoms with Crippen molar-refractivity contribution in [1.82, 2.24) is 5.32 Å². The van der Waals surface area contributed by atoms with E-state index in [-0.39, 0.29) is 11.7 Å². The number of hydrogen-bond acceptors (Lipinski definition) is 2. The van der Waals surface area contributed by atoms with Crippen LogP contribution in [0, 0.1) is 0 Å². The third-order valence-corrected chi connectivity index (χ3v) is 1.83. The predicted molar refractivity (Wildman–Crippen MR) is 52.1 cm³/mol. The molecule has 3 nitrogen and oxygen atoms in total. The molecule has 0 radical (unpaired) electrons. The van der Waals surface area contributed by atoms with Crippen molar-refractivity contribution in [3.8, 4) is 0 Å². The maximum atomic E-state index is 11.4. The van der Waals surface area contributed by atoms with Crippen LogP contribution in [0.15, 0.2) is 11.3 Å². The van der Waals surface area contributed by atoms with E-state index in [0.29, 0.717) is 18.5 Å². The van der Waals surface area contributed by atoms with Gasteiger partial charge >= 0.3 is 0 Å². The van der Waals surface area contributed by atoms with Crippen LogP contribution < -0.4 is 5.32 Å². The molecule has 1 N–H and O–H groups in total. The Morgan fingerprint density at radius 1 is 1.08 bits per heavy atom. The molecule has 0 aromatic carbocycles. The molecule has 1 amide bonds. The first-order valence-corrected chi connectivity index (χ1v) is 4.53. The van der Waals surface area contributed by atoms with E-state index in [1.165, 1.54) is 6.92 Å². The van der Waals surface area contributed by atoms with Crippen LogP contribution in [-0.2, 0) is 9.59 Å². The Morgan fingerprint density at radius 3 is 1.92 bits per heavy atom. The minimum atomic E-state index is -0.132. The topological polar surface area (TPSA) is 46.2 Å². The maximum Gasteiger partial charge on any atom is 0.220 e. The van der Waals surface area contributed by atoms with Gasteiger partial charge in [0.15, 0.2) is 5.78 Å². The largest absolute Gasteiger partial charge is 0.330 e. The molecule has 0 bridgehead atoms. The summed E-state index contributed by atoms with van der Waals surface area (Å²) in [7, 11) is 0. The molecule has 0 saturated carbocycles. The summed E-state index contributed by atoms with van der Waals surface area (Å²) >= 11 is 0. The Labute approximate surface area is 79.2 Å². The van der Waals surface area contributed by atoms with Crippen LogP contribution in [0.5, 0.6) is 0 Å². The second-order valence-electron chi connectivity index (χ2n) is 2.92. The smallest absolute Gasteiger partial charge is 0.220 e. The molecule has 0 spiro atoms. The van der Waals surface area contributed by atoms with Crippen molar-refractivity contribution in [2.75, 3.05) is 0 Å². The van der Waals surface area contributed by atoms with Crippen LogP contribution >= 0.6 is 0 Å². The van der Waals surface area contributed by atoms with Gasteiger partial charge in [-0.15, -0.1) is 0 Å². The van der Waals surface area contributed by atoms with E-state index in [1.54, 1.807) is 6.92 Å². The SMILES string of the molecule is CCC(=O)/C(CC)=C(\C)NC(C)=O. The molecule has 0 aliphatic carbocycles. The first-order valence-electron chi connectivity index (χ1n) is 4.53. The molecule has 0 heterocycles. The number of carbonyl (C=O) groups is 2. The van der Waals surface area contributed by atoms with Gasteiger partial charge in [0.05, 0.1) is 0 Å². The molecule has 0 fully saturated rings.